The normalized spacial score (nSPS) is 34.1. The van der Waals surface area contributed by atoms with Crippen molar-refractivity contribution >= 4 is 5.91 Å². The van der Waals surface area contributed by atoms with Gasteiger partial charge in [0.15, 0.2) is 18.3 Å². The molecule has 0 atom stereocenters. The van der Waals surface area contributed by atoms with Crippen molar-refractivity contribution in [3.8, 4) is 0 Å². The molecule has 13 heavy (non-hydrogen) atoms. The summed E-state index contributed by atoms with van der Waals surface area (Å²) in [6.45, 7) is 2.28. The molecule has 5 heteroatoms. The number of nitrogens with one attached hydrogen (secondary N) is 1. The summed E-state index contributed by atoms with van der Waals surface area (Å²) in [5.74, 6) is -0.712. The van der Waals surface area contributed by atoms with E-state index in [1.807, 2.05) is 0 Å². The molecule has 2 N–H and O–H groups in total. The van der Waals surface area contributed by atoms with Gasteiger partial charge in [0.05, 0.1) is 0 Å². The van der Waals surface area contributed by atoms with E-state index >= 15 is 0 Å². The summed E-state index contributed by atoms with van der Waals surface area (Å²) < 4.78 is 10.4. The summed E-state index contributed by atoms with van der Waals surface area (Å²) >= 11 is 0. The fourth-order valence-electron chi connectivity index (χ4n) is 1.41. The average molecular weight is 185 g/mol. The highest BCUT2D eigenvalue weighted by molar-refractivity contribution is 5.92. The molecule has 2 rings (SSSR count). The molecule has 1 saturated heterocycles. The minimum Gasteiger partial charge on any atom is -0.503 e. The lowest BCUT2D eigenvalue weighted by molar-refractivity contribution is -0.360. The number of amides is 1. The molecule has 1 fully saturated rings. The Kier molecular flexibility index (Phi) is 1.97. The Hall–Kier alpha value is -1.07. The van der Waals surface area contributed by atoms with Gasteiger partial charge in [-0.25, -0.2) is 0 Å². The van der Waals surface area contributed by atoms with Crippen LogP contribution in [0.25, 0.3) is 0 Å². The highest BCUT2D eigenvalue weighted by Gasteiger charge is 2.35. The maximum atomic E-state index is 11.0. The lowest BCUT2D eigenvalue weighted by Gasteiger charge is -2.36. The van der Waals surface area contributed by atoms with E-state index in [1.165, 1.54) is 0 Å². The van der Waals surface area contributed by atoms with Gasteiger partial charge in [0.25, 0.3) is 5.91 Å². The van der Waals surface area contributed by atoms with E-state index < -0.39 is 12.2 Å². The van der Waals surface area contributed by atoms with Crippen molar-refractivity contribution in [2.75, 3.05) is 6.54 Å². The molecular weight excluding hydrogens is 174 g/mol. The van der Waals surface area contributed by atoms with Crippen molar-refractivity contribution in [1.29, 1.82) is 0 Å². The zero-order valence-electron chi connectivity index (χ0n) is 7.24. The SMILES string of the molecule is CC1OC(C2=C(O)C(=O)NCC2)O1. The highest BCUT2D eigenvalue weighted by Crippen LogP contribution is 2.27. The minimum absolute atomic E-state index is 0.240. The number of hydrogen-bond acceptors (Lipinski definition) is 4. The van der Waals surface area contributed by atoms with Crippen LogP contribution in [0.15, 0.2) is 11.3 Å². The first-order valence-corrected chi connectivity index (χ1v) is 4.19. The summed E-state index contributed by atoms with van der Waals surface area (Å²) in [5, 5.41) is 11.9. The van der Waals surface area contributed by atoms with Crippen molar-refractivity contribution in [2.45, 2.75) is 25.9 Å². The van der Waals surface area contributed by atoms with Gasteiger partial charge in [0, 0.05) is 12.1 Å². The molecule has 0 spiro atoms. The zero-order valence-corrected chi connectivity index (χ0v) is 7.24. The van der Waals surface area contributed by atoms with Crippen molar-refractivity contribution in [3.05, 3.63) is 11.3 Å². The molecule has 0 aromatic carbocycles. The number of ether oxygens (including phenoxy) is 2. The van der Waals surface area contributed by atoms with Crippen LogP contribution in [0.4, 0.5) is 0 Å². The van der Waals surface area contributed by atoms with Gasteiger partial charge in [-0.1, -0.05) is 0 Å². The van der Waals surface area contributed by atoms with Gasteiger partial charge < -0.3 is 19.9 Å². The molecule has 2 aliphatic heterocycles. The molecule has 1 amide bonds. The third-order valence-corrected chi connectivity index (χ3v) is 2.11. The van der Waals surface area contributed by atoms with Gasteiger partial charge in [-0.2, -0.15) is 0 Å². The van der Waals surface area contributed by atoms with Crippen molar-refractivity contribution in [2.24, 2.45) is 0 Å². The largest absolute Gasteiger partial charge is 0.503 e. The van der Waals surface area contributed by atoms with Crippen LogP contribution in [-0.4, -0.2) is 30.1 Å². The van der Waals surface area contributed by atoms with Gasteiger partial charge in [0.2, 0.25) is 0 Å². The smallest absolute Gasteiger partial charge is 0.286 e. The molecule has 2 aliphatic rings. The molecule has 5 nitrogen and oxygen atoms in total. The lowest BCUT2D eigenvalue weighted by Crippen LogP contribution is -2.44. The van der Waals surface area contributed by atoms with E-state index in [0.29, 0.717) is 18.5 Å². The third kappa shape index (κ3) is 1.40. The summed E-state index contributed by atoms with van der Waals surface area (Å²) in [5.41, 5.74) is 0.543. The number of rotatable bonds is 1. The first-order valence-electron chi connectivity index (χ1n) is 4.19. The Morgan fingerprint density at radius 2 is 2.23 bits per heavy atom. The molecule has 0 radical (unpaired) electrons. The van der Waals surface area contributed by atoms with Crippen LogP contribution in [0.5, 0.6) is 0 Å². The van der Waals surface area contributed by atoms with Crippen LogP contribution in [0.3, 0.4) is 0 Å². The average Bonchev–Trinajstić information content (AvgIpc) is 2.05. The Bertz CT molecular complexity index is 267. The molecule has 0 aromatic heterocycles. The topological polar surface area (TPSA) is 67.8 Å². The first-order chi connectivity index (χ1) is 6.18. The van der Waals surface area contributed by atoms with E-state index in [1.54, 1.807) is 6.92 Å². The first kappa shape index (κ1) is 8.52. The Morgan fingerprint density at radius 1 is 1.54 bits per heavy atom. The van der Waals surface area contributed by atoms with Gasteiger partial charge >= 0.3 is 0 Å². The van der Waals surface area contributed by atoms with Gasteiger partial charge in [-0.3, -0.25) is 4.79 Å². The summed E-state index contributed by atoms with van der Waals surface area (Å²) in [6.07, 6.45) is -0.189. The molecule has 72 valence electrons. The zero-order chi connectivity index (χ0) is 9.42. The Labute approximate surface area is 75.3 Å². The second kappa shape index (κ2) is 3.01. The van der Waals surface area contributed by atoms with Crippen molar-refractivity contribution < 1.29 is 19.4 Å². The lowest BCUT2D eigenvalue weighted by atomic mass is 10.1. The fraction of sp³-hybridized carbons (Fsp3) is 0.625. The van der Waals surface area contributed by atoms with E-state index in [9.17, 15) is 9.90 Å². The van der Waals surface area contributed by atoms with Crippen molar-refractivity contribution in [3.63, 3.8) is 0 Å². The highest BCUT2D eigenvalue weighted by atomic mass is 16.9. The van der Waals surface area contributed by atoms with Crippen LogP contribution in [0.2, 0.25) is 0 Å². The van der Waals surface area contributed by atoms with Crippen LogP contribution in [0, 0.1) is 0 Å². The van der Waals surface area contributed by atoms with Crippen LogP contribution in [0.1, 0.15) is 13.3 Å². The number of carbonyl (C=O) groups excluding carboxylic acids is 1. The molecule has 0 aliphatic carbocycles. The Morgan fingerprint density at radius 3 is 2.85 bits per heavy atom. The van der Waals surface area contributed by atoms with Gasteiger partial charge in [0.1, 0.15) is 0 Å². The quantitative estimate of drug-likeness (QED) is 0.605. The molecular formula is C8H11NO4. The van der Waals surface area contributed by atoms with E-state index in [2.05, 4.69) is 5.32 Å². The standard InChI is InChI=1S/C8H11NO4/c1-4-12-8(13-4)5-2-3-9-7(11)6(5)10/h4,8,10H,2-3H2,1H3,(H,9,11). The number of aliphatic hydroxyl groups excluding tert-OH is 1. The fourth-order valence-corrected chi connectivity index (χ4v) is 1.41. The van der Waals surface area contributed by atoms with Crippen LogP contribution in [-0.2, 0) is 14.3 Å². The summed E-state index contributed by atoms with van der Waals surface area (Å²) in [7, 11) is 0. The molecule has 0 aromatic rings. The van der Waals surface area contributed by atoms with E-state index in [-0.39, 0.29) is 12.0 Å². The molecule has 0 saturated carbocycles. The third-order valence-electron chi connectivity index (χ3n) is 2.11. The minimum atomic E-state index is -0.527. The Balaban J connectivity index is 2.12. The molecule has 2 heterocycles. The number of hydrogen-bond donors (Lipinski definition) is 2. The van der Waals surface area contributed by atoms with Crippen LogP contribution >= 0.6 is 0 Å². The molecule has 0 bridgehead atoms. The summed E-state index contributed by atoms with van der Waals surface area (Å²) in [6, 6.07) is 0. The number of carbonyl (C=O) groups is 1. The van der Waals surface area contributed by atoms with Crippen LogP contribution < -0.4 is 5.32 Å². The second-order valence-corrected chi connectivity index (χ2v) is 3.05. The molecule has 0 unspecified atom stereocenters. The predicted octanol–water partition coefficient (Wildman–Crippen LogP) is 0.0373. The predicted molar refractivity (Wildman–Crippen MR) is 42.7 cm³/mol. The maximum Gasteiger partial charge on any atom is 0.286 e. The van der Waals surface area contributed by atoms with E-state index in [0.717, 1.165) is 0 Å². The van der Waals surface area contributed by atoms with E-state index in [4.69, 9.17) is 9.47 Å². The summed E-state index contributed by atoms with van der Waals surface area (Å²) in [4.78, 5) is 11.0. The van der Waals surface area contributed by atoms with Crippen molar-refractivity contribution in [1.82, 2.24) is 5.32 Å². The van der Waals surface area contributed by atoms with Gasteiger partial charge in [-0.05, 0) is 13.3 Å². The second-order valence-electron chi connectivity index (χ2n) is 3.05. The monoisotopic (exact) mass is 185 g/mol. The van der Waals surface area contributed by atoms with Gasteiger partial charge in [-0.15, -0.1) is 0 Å². The maximum absolute atomic E-state index is 11.0. The number of aliphatic hydroxyl groups is 1.